The van der Waals surface area contributed by atoms with Crippen molar-refractivity contribution in [3.8, 4) is 0 Å². The molecular formula is C14H25N3OS. The van der Waals surface area contributed by atoms with Crippen molar-refractivity contribution in [1.82, 2.24) is 9.80 Å². The Hall–Kier alpha value is -0.680. The molecule has 0 spiro atoms. The highest BCUT2D eigenvalue weighted by Crippen LogP contribution is 2.38. The minimum atomic E-state index is -0.545. The van der Waals surface area contributed by atoms with Crippen molar-refractivity contribution < 1.29 is 4.79 Å². The summed E-state index contributed by atoms with van der Waals surface area (Å²) in [5.41, 5.74) is 5.40. The van der Waals surface area contributed by atoms with E-state index >= 15 is 0 Å². The SMILES string of the molecule is CN1CCCN(C(=O)C2(C(N)=S)CCCCC2)CC1. The zero-order valence-electron chi connectivity index (χ0n) is 11.9. The van der Waals surface area contributed by atoms with Crippen LogP contribution in [-0.2, 0) is 4.79 Å². The number of nitrogens with two attached hydrogens (primary N) is 1. The van der Waals surface area contributed by atoms with Gasteiger partial charge in [-0.2, -0.15) is 0 Å². The van der Waals surface area contributed by atoms with Gasteiger partial charge in [0.1, 0.15) is 0 Å². The maximum absolute atomic E-state index is 12.9. The molecule has 0 unspecified atom stereocenters. The van der Waals surface area contributed by atoms with Gasteiger partial charge in [0.15, 0.2) is 0 Å². The van der Waals surface area contributed by atoms with Gasteiger partial charge in [-0.1, -0.05) is 31.5 Å². The lowest BCUT2D eigenvalue weighted by Gasteiger charge is -2.38. The van der Waals surface area contributed by atoms with Crippen LogP contribution in [-0.4, -0.2) is 53.9 Å². The number of hydrogen-bond acceptors (Lipinski definition) is 3. The van der Waals surface area contributed by atoms with E-state index in [0.29, 0.717) is 4.99 Å². The minimum Gasteiger partial charge on any atom is -0.392 e. The molecule has 19 heavy (non-hydrogen) atoms. The number of carbonyl (C=O) groups is 1. The van der Waals surface area contributed by atoms with Gasteiger partial charge >= 0.3 is 0 Å². The monoisotopic (exact) mass is 283 g/mol. The fourth-order valence-corrected chi connectivity index (χ4v) is 3.56. The van der Waals surface area contributed by atoms with Crippen molar-refractivity contribution in [2.24, 2.45) is 11.1 Å². The third-order valence-corrected chi connectivity index (χ3v) is 4.99. The minimum absolute atomic E-state index is 0.190. The number of likely N-dealkylation sites (N-methyl/N-ethyl adjacent to an activating group) is 1. The van der Waals surface area contributed by atoms with Crippen LogP contribution >= 0.6 is 12.2 Å². The molecule has 1 saturated carbocycles. The number of nitrogens with zero attached hydrogens (tertiary/aromatic N) is 2. The molecule has 0 bridgehead atoms. The van der Waals surface area contributed by atoms with Crippen LogP contribution in [0.5, 0.6) is 0 Å². The predicted molar refractivity (Wildman–Crippen MR) is 81.0 cm³/mol. The van der Waals surface area contributed by atoms with Crippen molar-refractivity contribution in [1.29, 1.82) is 0 Å². The first-order valence-corrected chi connectivity index (χ1v) is 7.75. The van der Waals surface area contributed by atoms with E-state index in [1.165, 1.54) is 6.42 Å². The summed E-state index contributed by atoms with van der Waals surface area (Å²) < 4.78 is 0. The van der Waals surface area contributed by atoms with Gasteiger partial charge in [0.05, 0.1) is 10.4 Å². The van der Waals surface area contributed by atoms with Crippen molar-refractivity contribution in [3.05, 3.63) is 0 Å². The van der Waals surface area contributed by atoms with Crippen LogP contribution in [0.1, 0.15) is 38.5 Å². The molecule has 108 valence electrons. The van der Waals surface area contributed by atoms with Crippen LogP contribution in [0.15, 0.2) is 0 Å². The predicted octanol–water partition coefficient (Wildman–Crippen LogP) is 1.39. The summed E-state index contributed by atoms with van der Waals surface area (Å²) >= 11 is 5.25. The maximum atomic E-state index is 12.9. The van der Waals surface area contributed by atoms with Gasteiger partial charge in [0, 0.05) is 19.6 Å². The van der Waals surface area contributed by atoms with Crippen molar-refractivity contribution in [2.45, 2.75) is 38.5 Å². The summed E-state index contributed by atoms with van der Waals surface area (Å²) in [6.45, 7) is 3.65. The van der Waals surface area contributed by atoms with Gasteiger partial charge in [-0.3, -0.25) is 4.79 Å². The van der Waals surface area contributed by atoms with Gasteiger partial charge in [-0.25, -0.2) is 0 Å². The molecule has 0 aromatic rings. The van der Waals surface area contributed by atoms with E-state index in [1.807, 2.05) is 4.90 Å². The summed E-state index contributed by atoms with van der Waals surface area (Å²) in [4.78, 5) is 17.6. The van der Waals surface area contributed by atoms with Crippen LogP contribution in [0.2, 0.25) is 0 Å². The molecule has 5 heteroatoms. The lowest BCUT2D eigenvalue weighted by Crippen LogP contribution is -2.52. The fraction of sp³-hybridized carbons (Fsp3) is 0.857. The largest absolute Gasteiger partial charge is 0.392 e. The average molecular weight is 283 g/mol. The van der Waals surface area contributed by atoms with Crippen LogP contribution in [0.4, 0.5) is 0 Å². The normalized spacial score (nSPS) is 24.8. The number of carbonyl (C=O) groups excluding carboxylic acids is 1. The van der Waals surface area contributed by atoms with Crippen LogP contribution in [0.25, 0.3) is 0 Å². The molecule has 1 aliphatic carbocycles. The second-order valence-corrected chi connectivity index (χ2v) is 6.40. The molecule has 1 heterocycles. The first kappa shape index (κ1) is 14.7. The van der Waals surface area contributed by atoms with Crippen LogP contribution < -0.4 is 5.73 Å². The van der Waals surface area contributed by atoms with Gasteiger partial charge < -0.3 is 15.5 Å². The molecule has 0 atom stereocenters. The summed E-state index contributed by atoms with van der Waals surface area (Å²) in [6, 6.07) is 0. The van der Waals surface area contributed by atoms with E-state index in [2.05, 4.69) is 11.9 Å². The molecule has 0 aromatic heterocycles. The topological polar surface area (TPSA) is 49.6 Å². The van der Waals surface area contributed by atoms with Gasteiger partial charge in [0.25, 0.3) is 0 Å². The average Bonchev–Trinajstić information content (AvgIpc) is 2.63. The number of thiocarbonyl (C=S) groups is 1. The second kappa shape index (κ2) is 6.18. The Labute approximate surface area is 121 Å². The zero-order valence-corrected chi connectivity index (χ0v) is 12.7. The standard InChI is InChI=1S/C14H25N3OS/c1-16-8-5-9-17(11-10-16)13(18)14(12(15)19)6-3-2-4-7-14/h2-11H2,1H3,(H2,15,19). The Morgan fingerprint density at radius 1 is 1.05 bits per heavy atom. The molecule has 0 radical (unpaired) electrons. The Kier molecular flexibility index (Phi) is 4.79. The van der Waals surface area contributed by atoms with Gasteiger partial charge in [0.2, 0.25) is 5.91 Å². The number of hydrogen-bond donors (Lipinski definition) is 1. The first-order valence-electron chi connectivity index (χ1n) is 7.34. The fourth-order valence-electron chi connectivity index (χ4n) is 3.27. The Morgan fingerprint density at radius 2 is 1.74 bits per heavy atom. The first-order chi connectivity index (χ1) is 9.06. The van der Waals surface area contributed by atoms with E-state index in [9.17, 15) is 4.79 Å². The van der Waals surface area contributed by atoms with Crippen LogP contribution in [0, 0.1) is 5.41 Å². The number of rotatable bonds is 2. The number of amides is 1. The molecule has 1 saturated heterocycles. The zero-order chi connectivity index (χ0) is 13.9. The van der Waals surface area contributed by atoms with Crippen LogP contribution in [0.3, 0.4) is 0 Å². The molecule has 2 N–H and O–H groups in total. The summed E-state index contributed by atoms with van der Waals surface area (Å²) in [7, 11) is 2.11. The molecular weight excluding hydrogens is 258 g/mol. The molecule has 2 fully saturated rings. The molecule has 1 aliphatic heterocycles. The third kappa shape index (κ3) is 3.08. The third-order valence-electron chi connectivity index (χ3n) is 4.59. The van der Waals surface area contributed by atoms with Gasteiger partial charge in [-0.15, -0.1) is 0 Å². The van der Waals surface area contributed by atoms with E-state index in [0.717, 1.165) is 58.3 Å². The van der Waals surface area contributed by atoms with E-state index in [1.54, 1.807) is 0 Å². The summed E-state index contributed by atoms with van der Waals surface area (Å²) in [6.07, 6.45) is 6.05. The lowest BCUT2D eigenvalue weighted by molar-refractivity contribution is -0.139. The molecule has 0 aromatic carbocycles. The summed E-state index contributed by atoms with van der Waals surface area (Å²) in [5, 5.41) is 0. The highest BCUT2D eigenvalue weighted by molar-refractivity contribution is 7.80. The molecule has 2 rings (SSSR count). The van der Waals surface area contributed by atoms with E-state index in [-0.39, 0.29) is 5.91 Å². The van der Waals surface area contributed by atoms with E-state index in [4.69, 9.17) is 18.0 Å². The van der Waals surface area contributed by atoms with Crippen molar-refractivity contribution >= 4 is 23.1 Å². The quantitative estimate of drug-likeness (QED) is 0.778. The second-order valence-electron chi connectivity index (χ2n) is 5.96. The highest BCUT2D eigenvalue weighted by atomic mass is 32.1. The van der Waals surface area contributed by atoms with Gasteiger partial charge in [-0.05, 0) is 32.9 Å². The Morgan fingerprint density at radius 3 is 2.37 bits per heavy atom. The summed E-state index contributed by atoms with van der Waals surface area (Å²) in [5.74, 6) is 0.190. The van der Waals surface area contributed by atoms with Crippen molar-refractivity contribution in [3.63, 3.8) is 0 Å². The Bertz CT molecular complexity index is 353. The Balaban J connectivity index is 2.12. The molecule has 2 aliphatic rings. The highest BCUT2D eigenvalue weighted by Gasteiger charge is 2.44. The van der Waals surface area contributed by atoms with E-state index < -0.39 is 5.41 Å². The smallest absolute Gasteiger partial charge is 0.235 e. The van der Waals surface area contributed by atoms with Crippen molar-refractivity contribution in [2.75, 3.05) is 33.2 Å². The molecule has 1 amide bonds. The maximum Gasteiger partial charge on any atom is 0.235 e. The lowest BCUT2D eigenvalue weighted by atomic mass is 9.73. The molecule has 4 nitrogen and oxygen atoms in total.